The molecule has 0 bridgehead atoms. The molecular formula is C29H28NPSe. The molecule has 0 aliphatic carbocycles. The Labute approximate surface area is 199 Å². The maximum atomic E-state index is 3.87. The molecular weight excluding hydrogens is 472 g/mol. The van der Waals surface area contributed by atoms with Crippen LogP contribution in [-0.4, -0.2) is 27.4 Å². The SMILES string of the molecule is [Se]=P(CCc1ccccc1)(CCc1ccccc1)C1c2ccccc2Nc2ccccc21. The summed E-state index contributed by atoms with van der Waals surface area (Å²) in [5.41, 5.74) is 7.19. The number of para-hydroxylation sites is 2. The van der Waals surface area contributed by atoms with Crippen molar-refractivity contribution >= 4 is 32.0 Å². The third-order valence-electron chi connectivity index (χ3n) is 6.49. The average Bonchev–Trinajstić information content (AvgIpc) is 2.86. The van der Waals surface area contributed by atoms with Crippen molar-refractivity contribution in [2.75, 3.05) is 17.6 Å². The second kappa shape index (κ2) is 9.63. The molecule has 3 heteroatoms. The van der Waals surface area contributed by atoms with Gasteiger partial charge < -0.3 is 0 Å². The third kappa shape index (κ3) is 4.55. The van der Waals surface area contributed by atoms with Crippen molar-refractivity contribution < 1.29 is 0 Å². The third-order valence-corrected chi connectivity index (χ3v) is 13.6. The molecule has 4 aromatic carbocycles. The quantitative estimate of drug-likeness (QED) is 0.206. The Morgan fingerprint density at radius 3 is 1.44 bits per heavy atom. The summed E-state index contributed by atoms with van der Waals surface area (Å²) in [6.07, 6.45) is 4.64. The topological polar surface area (TPSA) is 12.0 Å². The number of hydrogen-bond donors (Lipinski definition) is 1. The van der Waals surface area contributed by atoms with Crippen molar-refractivity contribution in [1.29, 1.82) is 0 Å². The number of hydrogen-bond acceptors (Lipinski definition) is 1. The van der Waals surface area contributed by atoms with Crippen LogP contribution in [-0.2, 0) is 12.8 Å². The molecule has 0 radical (unpaired) electrons. The monoisotopic (exact) mass is 501 g/mol. The minimum absolute atomic E-state index is 0.420. The van der Waals surface area contributed by atoms with Gasteiger partial charge in [0.2, 0.25) is 0 Å². The molecule has 32 heavy (non-hydrogen) atoms. The molecule has 0 unspecified atom stereocenters. The van der Waals surface area contributed by atoms with Gasteiger partial charge in [-0.15, -0.1) is 0 Å². The summed E-state index contributed by atoms with van der Waals surface area (Å²) in [6.45, 7) is 0. The molecule has 1 aliphatic heterocycles. The van der Waals surface area contributed by atoms with Gasteiger partial charge in [-0.25, -0.2) is 0 Å². The molecule has 0 aromatic heterocycles. The van der Waals surface area contributed by atoms with Crippen molar-refractivity contribution in [3.63, 3.8) is 0 Å². The maximum absolute atomic E-state index is 3.87. The first-order valence-corrected chi connectivity index (χ1v) is 15.8. The molecule has 0 saturated carbocycles. The van der Waals surface area contributed by atoms with Crippen LogP contribution in [0.15, 0.2) is 109 Å². The predicted octanol–water partition coefficient (Wildman–Crippen LogP) is 7.42. The zero-order chi connectivity index (χ0) is 21.8. The summed E-state index contributed by atoms with van der Waals surface area (Å²) in [5.74, 6) is 0. The van der Waals surface area contributed by atoms with E-state index in [1.807, 2.05) is 0 Å². The van der Waals surface area contributed by atoms with Gasteiger partial charge in [-0.2, -0.15) is 0 Å². The van der Waals surface area contributed by atoms with Gasteiger partial charge in [-0.05, 0) is 0 Å². The zero-order valence-corrected chi connectivity index (χ0v) is 20.8. The number of rotatable bonds is 7. The zero-order valence-electron chi connectivity index (χ0n) is 18.2. The summed E-state index contributed by atoms with van der Waals surface area (Å²) in [6, 6.07) is 39.7. The van der Waals surface area contributed by atoms with E-state index < -0.39 is 5.51 Å². The van der Waals surface area contributed by atoms with E-state index in [0.29, 0.717) is 5.66 Å². The van der Waals surface area contributed by atoms with E-state index in [9.17, 15) is 0 Å². The summed E-state index contributed by atoms with van der Waals surface area (Å²) in [5, 5.41) is 3.69. The van der Waals surface area contributed by atoms with Gasteiger partial charge in [0.25, 0.3) is 0 Å². The average molecular weight is 500 g/mol. The van der Waals surface area contributed by atoms with Gasteiger partial charge in [0.05, 0.1) is 0 Å². The molecule has 0 spiro atoms. The Bertz CT molecular complexity index is 1140. The molecule has 5 rings (SSSR count). The number of anilines is 2. The van der Waals surface area contributed by atoms with E-state index in [1.54, 1.807) is 0 Å². The van der Waals surface area contributed by atoms with Gasteiger partial charge in [-0.1, -0.05) is 0 Å². The second-order valence-electron chi connectivity index (χ2n) is 8.57. The summed E-state index contributed by atoms with van der Waals surface area (Å²) >= 11 is 3.87. The van der Waals surface area contributed by atoms with Crippen molar-refractivity contribution in [3.8, 4) is 0 Å². The second-order valence-corrected chi connectivity index (χ2v) is 16.5. The Morgan fingerprint density at radius 2 is 0.969 bits per heavy atom. The van der Waals surface area contributed by atoms with Crippen LogP contribution in [0.25, 0.3) is 0 Å². The van der Waals surface area contributed by atoms with E-state index in [-0.39, 0.29) is 0 Å². The fraction of sp³-hybridized carbons (Fsp3) is 0.172. The number of benzene rings is 4. The molecule has 160 valence electrons. The fourth-order valence-corrected chi connectivity index (χ4v) is 10.9. The van der Waals surface area contributed by atoms with Crippen molar-refractivity contribution in [2.45, 2.75) is 18.5 Å². The van der Waals surface area contributed by atoms with E-state index >= 15 is 0 Å². The molecule has 0 fully saturated rings. The molecule has 4 aromatic rings. The van der Waals surface area contributed by atoms with Gasteiger partial charge >= 0.3 is 200 Å². The normalized spacial score (nSPS) is 13.1. The Morgan fingerprint density at radius 1 is 0.562 bits per heavy atom. The summed E-state index contributed by atoms with van der Waals surface area (Å²) in [4.78, 5) is 0. The van der Waals surface area contributed by atoms with E-state index in [2.05, 4.69) is 130 Å². The van der Waals surface area contributed by atoms with Crippen molar-refractivity contribution in [3.05, 3.63) is 131 Å². The van der Waals surface area contributed by atoms with Crippen LogP contribution < -0.4 is 5.32 Å². The Hall–Kier alpha value is -2.37. The van der Waals surface area contributed by atoms with Gasteiger partial charge in [0.15, 0.2) is 0 Å². The Kier molecular flexibility index (Phi) is 6.46. The summed E-state index contributed by atoms with van der Waals surface area (Å²) < 4.78 is 0. The first-order valence-electron chi connectivity index (χ1n) is 11.3. The van der Waals surface area contributed by atoms with E-state index in [4.69, 9.17) is 0 Å². The summed E-state index contributed by atoms with van der Waals surface area (Å²) in [7, 11) is 0. The number of fused-ring (bicyclic) bond motifs is 2. The van der Waals surface area contributed by atoms with Gasteiger partial charge in [-0.3, -0.25) is 0 Å². The van der Waals surface area contributed by atoms with Gasteiger partial charge in [0.1, 0.15) is 0 Å². The van der Waals surface area contributed by atoms with Crippen molar-refractivity contribution in [2.24, 2.45) is 0 Å². The molecule has 0 amide bonds. The van der Waals surface area contributed by atoms with Crippen LogP contribution >= 0.6 is 5.51 Å². The minimum atomic E-state index is -1.51. The first-order chi connectivity index (χ1) is 15.7. The van der Waals surface area contributed by atoms with E-state index in [1.165, 1.54) is 46.0 Å². The van der Waals surface area contributed by atoms with Crippen LogP contribution in [0.3, 0.4) is 0 Å². The predicted molar refractivity (Wildman–Crippen MR) is 141 cm³/mol. The molecule has 1 heterocycles. The first kappa shape index (κ1) is 21.5. The van der Waals surface area contributed by atoms with Crippen LogP contribution in [0.4, 0.5) is 11.4 Å². The van der Waals surface area contributed by atoms with Crippen LogP contribution in [0, 0.1) is 0 Å². The Balaban J connectivity index is 1.55. The van der Waals surface area contributed by atoms with Crippen LogP contribution in [0.2, 0.25) is 0 Å². The number of nitrogens with one attached hydrogen (secondary N) is 1. The van der Waals surface area contributed by atoms with Crippen LogP contribution in [0.1, 0.15) is 27.9 Å². The molecule has 1 nitrogen and oxygen atoms in total. The molecule has 0 atom stereocenters. The van der Waals surface area contributed by atoms with Crippen LogP contribution in [0.5, 0.6) is 0 Å². The molecule has 1 N–H and O–H groups in total. The number of aryl methyl sites for hydroxylation is 2. The van der Waals surface area contributed by atoms with Gasteiger partial charge in [0, 0.05) is 0 Å². The molecule has 0 saturated heterocycles. The fourth-order valence-electron chi connectivity index (χ4n) is 4.81. The molecule has 1 aliphatic rings. The van der Waals surface area contributed by atoms with Crippen molar-refractivity contribution in [1.82, 2.24) is 0 Å². The van der Waals surface area contributed by atoms with E-state index in [0.717, 1.165) is 12.8 Å². The standard InChI is InChI=1S/C29H28NPSe/c32-31(21-19-23-11-3-1-4-12-23,22-20-24-13-5-2-6-14-24)29-25-15-7-9-17-27(25)30-28-18-10-8-16-26(28)29/h1-18,29-30H,19-22H2.